The van der Waals surface area contributed by atoms with Gasteiger partial charge in [-0.1, -0.05) is 12.1 Å². The van der Waals surface area contributed by atoms with Crippen molar-refractivity contribution < 1.29 is 13.9 Å². The zero-order valence-corrected chi connectivity index (χ0v) is 14.8. The Labute approximate surface area is 155 Å². The second-order valence-corrected chi connectivity index (χ2v) is 6.76. The number of methoxy groups -OCH3 is 1. The van der Waals surface area contributed by atoms with Crippen LogP contribution in [0.4, 0.5) is 5.95 Å². The number of fused-ring (bicyclic) bond motifs is 1. The lowest BCUT2D eigenvalue weighted by Gasteiger charge is -2.34. The van der Waals surface area contributed by atoms with Gasteiger partial charge in [-0.05, 0) is 36.2 Å². The quantitative estimate of drug-likeness (QED) is 0.770. The summed E-state index contributed by atoms with van der Waals surface area (Å²) in [6, 6.07) is 11.2. The summed E-state index contributed by atoms with van der Waals surface area (Å²) in [7, 11) is 1.63. The first-order chi connectivity index (χ1) is 13.2. The van der Waals surface area contributed by atoms with Gasteiger partial charge in [-0.15, -0.1) is 0 Å². The van der Waals surface area contributed by atoms with Crippen LogP contribution in [-0.4, -0.2) is 27.7 Å². The topological polar surface area (TPSA) is 82.2 Å². The molecular weight excluding hydrogens is 344 g/mol. The molecule has 1 aliphatic carbocycles. The molecule has 27 heavy (non-hydrogen) atoms. The van der Waals surface area contributed by atoms with Crippen molar-refractivity contribution in [2.45, 2.75) is 24.8 Å². The Hall–Kier alpha value is -3.35. The molecule has 3 aromatic rings. The van der Waals surface area contributed by atoms with Crippen molar-refractivity contribution in [2.24, 2.45) is 0 Å². The van der Waals surface area contributed by atoms with Crippen molar-refractivity contribution >= 4 is 11.7 Å². The number of hydrogen-bond acceptors (Lipinski definition) is 6. The maximum atomic E-state index is 13.1. The molecule has 0 radical (unpaired) electrons. The van der Waals surface area contributed by atoms with E-state index in [1.807, 2.05) is 36.4 Å². The minimum atomic E-state index is -0.297. The van der Waals surface area contributed by atoms with Gasteiger partial charge in [0.2, 0.25) is 5.95 Å². The minimum Gasteiger partial charge on any atom is -0.497 e. The molecule has 1 N–H and O–H groups in total. The molecule has 7 nitrogen and oxygen atoms in total. The Kier molecular flexibility index (Phi) is 3.60. The molecule has 3 heterocycles. The van der Waals surface area contributed by atoms with Gasteiger partial charge in [-0.2, -0.15) is 10.1 Å². The monoisotopic (exact) mass is 362 g/mol. The highest BCUT2D eigenvalue weighted by Gasteiger charge is 2.39. The third-order valence-corrected chi connectivity index (χ3v) is 5.24. The second kappa shape index (κ2) is 6.12. The molecule has 2 atom stereocenters. The molecule has 0 unspecified atom stereocenters. The number of ketones is 1. The van der Waals surface area contributed by atoms with E-state index in [1.165, 1.54) is 6.33 Å². The van der Waals surface area contributed by atoms with Crippen molar-refractivity contribution in [1.29, 1.82) is 0 Å². The number of rotatable bonds is 3. The summed E-state index contributed by atoms with van der Waals surface area (Å²) in [6.45, 7) is 0. The smallest absolute Gasteiger partial charge is 0.226 e. The molecule has 2 aliphatic rings. The number of anilines is 1. The fraction of sp³-hybridized carbons (Fsp3) is 0.250. The average molecular weight is 362 g/mol. The predicted molar refractivity (Wildman–Crippen MR) is 97.5 cm³/mol. The van der Waals surface area contributed by atoms with Crippen molar-refractivity contribution in [3.63, 3.8) is 0 Å². The molecule has 0 amide bonds. The first-order valence-corrected chi connectivity index (χ1v) is 8.84. The van der Waals surface area contributed by atoms with Crippen molar-refractivity contribution in [1.82, 2.24) is 14.8 Å². The summed E-state index contributed by atoms with van der Waals surface area (Å²) in [4.78, 5) is 17.5. The van der Waals surface area contributed by atoms with Crippen molar-refractivity contribution in [3.05, 3.63) is 71.6 Å². The Morgan fingerprint density at radius 2 is 2.07 bits per heavy atom. The van der Waals surface area contributed by atoms with Crippen LogP contribution in [0.5, 0.6) is 5.75 Å². The average Bonchev–Trinajstić information content (AvgIpc) is 3.38. The van der Waals surface area contributed by atoms with Crippen LogP contribution in [0.25, 0.3) is 0 Å². The number of aromatic nitrogens is 3. The fourth-order valence-electron chi connectivity index (χ4n) is 3.97. The molecule has 1 aliphatic heterocycles. The lowest BCUT2D eigenvalue weighted by Crippen LogP contribution is -2.33. The Morgan fingerprint density at radius 1 is 1.22 bits per heavy atom. The molecule has 0 spiro atoms. The SMILES string of the molecule is COc1ccc([C@@H]2C3=C(C[C@@H](c4ccco4)CC3=O)Nc3ncnn32)cc1. The number of benzene rings is 1. The van der Waals surface area contributed by atoms with Gasteiger partial charge in [0.25, 0.3) is 0 Å². The first kappa shape index (κ1) is 15.9. The molecule has 0 saturated heterocycles. The van der Waals surface area contributed by atoms with Crippen molar-refractivity contribution in [2.75, 3.05) is 12.4 Å². The van der Waals surface area contributed by atoms with Crippen LogP contribution in [-0.2, 0) is 4.79 Å². The van der Waals surface area contributed by atoms with E-state index < -0.39 is 0 Å². The predicted octanol–water partition coefficient (Wildman–Crippen LogP) is 3.30. The molecule has 5 rings (SSSR count). The van der Waals surface area contributed by atoms with Crippen molar-refractivity contribution in [3.8, 4) is 5.75 Å². The van der Waals surface area contributed by atoms with Crippen LogP contribution in [0.1, 0.15) is 36.1 Å². The highest BCUT2D eigenvalue weighted by Crippen LogP contribution is 2.43. The Morgan fingerprint density at radius 3 is 2.81 bits per heavy atom. The zero-order valence-electron chi connectivity index (χ0n) is 14.8. The van der Waals surface area contributed by atoms with Crippen LogP contribution in [0.15, 0.2) is 64.7 Å². The maximum Gasteiger partial charge on any atom is 0.226 e. The van der Waals surface area contributed by atoms with Gasteiger partial charge in [0.15, 0.2) is 5.78 Å². The lowest BCUT2D eigenvalue weighted by atomic mass is 9.79. The maximum absolute atomic E-state index is 13.1. The van der Waals surface area contributed by atoms with Gasteiger partial charge in [0, 0.05) is 23.6 Å². The molecule has 2 aromatic heterocycles. The van der Waals surface area contributed by atoms with E-state index in [1.54, 1.807) is 18.1 Å². The number of hydrogen-bond donors (Lipinski definition) is 1. The molecular formula is C20H18N4O3. The van der Waals surface area contributed by atoms with E-state index in [0.29, 0.717) is 18.8 Å². The van der Waals surface area contributed by atoms with E-state index in [-0.39, 0.29) is 17.7 Å². The first-order valence-electron chi connectivity index (χ1n) is 8.84. The van der Waals surface area contributed by atoms with Gasteiger partial charge >= 0.3 is 0 Å². The normalized spacial score (nSPS) is 21.4. The number of carbonyl (C=O) groups is 1. The van der Waals surface area contributed by atoms with Crippen LogP contribution in [0.3, 0.4) is 0 Å². The van der Waals surface area contributed by atoms with E-state index in [0.717, 1.165) is 28.3 Å². The van der Waals surface area contributed by atoms with Gasteiger partial charge < -0.3 is 14.5 Å². The van der Waals surface area contributed by atoms with Crippen LogP contribution in [0, 0.1) is 0 Å². The van der Waals surface area contributed by atoms with Crippen LogP contribution < -0.4 is 10.1 Å². The molecule has 1 aromatic carbocycles. The van der Waals surface area contributed by atoms with E-state index >= 15 is 0 Å². The number of furan rings is 1. The van der Waals surface area contributed by atoms with E-state index in [4.69, 9.17) is 9.15 Å². The summed E-state index contributed by atoms with van der Waals surface area (Å²) in [5.41, 5.74) is 2.62. The zero-order chi connectivity index (χ0) is 18.4. The number of nitrogens with one attached hydrogen (secondary N) is 1. The standard InChI is InChI=1S/C20H18N4O3/c1-26-14-6-4-12(5-7-14)19-18-15(23-20-21-11-22-24(19)20)9-13(10-16(18)25)17-3-2-8-27-17/h2-8,11,13,19H,9-10H2,1H3,(H,21,22,23)/t13-,19-/m1/s1. The van der Waals surface area contributed by atoms with E-state index in [2.05, 4.69) is 15.4 Å². The van der Waals surface area contributed by atoms with Gasteiger partial charge in [-0.25, -0.2) is 4.68 Å². The van der Waals surface area contributed by atoms with Crippen LogP contribution in [0.2, 0.25) is 0 Å². The van der Waals surface area contributed by atoms with Gasteiger partial charge in [-0.3, -0.25) is 4.79 Å². The molecule has 0 fully saturated rings. The minimum absolute atomic E-state index is 0.0322. The Balaban J connectivity index is 1.60. The highest BCUT2D eigenvalue weighted by molar-refractivity contribution is 6.00. The third-order valence-electron chi connectivity index (χ3n) is 5.24. The molecule has 0 saturated carbocycles. The second-order valence-electron chi connectivity index (χ2n) is 6.76. The fourth-order valence-corrected chi connectivity index (χ4v) is 3.97. The summed E-state index contributed by atoms with van der Waals surface area (Å²) in [6.07, 6.45) is 4.28. The highest BCUT2D eigenvalue weighted by atomic mass is 16.5. The van der Waals surface area contributed by atoms with Gasteiger partial charge in [0.05, 0.1) is 13.4 Å². The summed E-state index contributed by atoms with van der Waals surface area (Å²) in [5, 5.41) is 7.66. The van der Waals surface area contributed by atoms with Crippen LogP contribution >= 0.6 is 0 Å². The summed E-state index contributed by atoms with van der Waals surface area (Å²) >= 11 is 0. The number of carbonyl (C=O) groups excluding carboxylic acids is 1. The number of ether oxygens (including phenoxy) is 1. The third kappa shape index (κ3) is 2.54. The Bertz CT molecular complexity index is 1020. The largest absolute Gasteiger partial charge is 0.497 e. The molecule has 0 bridgehead atoms. The molecule has 136 valence electrons. The summed E-state index contributed by atoms with van der Waals surface area (Å²) < 4.78 is 12.6. The van der Waals surface area contributed by atoms with Gasteiger partial charge in [0.1, 0.15) is 23.9 Å². The summed E-state index contributed by atoms with van der Waals surface area (Å²) in [5.74, 6) is 2.39. The number of Topliss-reactive ketones (excluding diaryl/α,β-unsaturated/α-hetero) is 1. The number of allylic oxidation sites excluding steroid dienone is 2. The number of nitrogens with zero attached hydrogens (tertiary/aromatic N) is 3. The lowest BCUT2D eigenvalue weighted by molar-refractivity contribution is -0.117. The molecule has 7 heteroatoms. The van der Waals surface area contributed by atoms with E-state index in [9.17, 15) is 4.79 Å².